The molecule has 1 atom stereocenters. The van der Waals surface area contributed by atoms with Crippen molar-refractivity contribution in [1.29, 1.82) is 0 Å². The number of β-amino-alcohol motifs (C(OH)–C–C–N with tert-alkyl or cyclic N) is 1. The minimum absolute atomic E-state index is 0.506. The van der Waals surface area contributed by atoms with Crippen LogP contribution in [-0.2, 0) is 0 Å². The number of aromatic nitrogens is 2. The molecule has 3 rings (SSSR count). The van der Waals surface area contributed by atoms with Gasteiger partial charge in [0.05, 0.1) is 11.8 Å². The maximum absolute atomic E-state index is 10.5. The normalized spacial score (nSPS) is 17.4. The van der Waals surface area contributed by atoms with E-state index in [4.69, 9.17) is 23.2 Å². The Morgan fingerprint density at radius 2 is 1.92 bits per heavy atom. The number of rotatable bonds is 4. The second kappa shape index (κ2) is 8.32. The Labute approximate surface area is 158 Å². The van der Waals surface area contributed by atoms with Crippen molar-refractivity contribution >= 4 is 29.0 Å². The molecule has 0 bridgehead atoms. The Balaban J connectivity index is 1.60. The molecule has 0 saturated carbocycles. The van der Waals surface area contributed by atoms with Crippen LogP contribution in [0.5, 0.6) is 0 Å². The van der Waals surface area contributed by atoms with Gasteiger partial charge in [-0.05, 0) is 37.6 Å². The average Bonchev–Trinajstić information content (AvgIpc) is 2.81. The van der Waals surface area contributed by atoms with Gasteiger partial charge >= 0.3 is 0 Å². The first-order valence-corrected chi connectivity index (χ1v) is 9.19. The van der Waals surface area contributed by atoms with E-state index in [1.54, 1.807) is 18.2 Å². The van der Waals surface area contributed by atoms with Crippen LogP contribution in [0.25, 0.3) is 0 Å². The fourth-order valence-electron chi connectivity index (χ4n) is 3.06. The Hall–Kier alpha value is -1.40. The van der Waals surface area contributed by atoms with Gasteiger partial charge in [0.15, 0.2) is 5.82 Å². The van der Waals surface area contributed by atoms with Gasteiger partial charge in [0.2, 0.25) is 0 Å². The molecule has 1 N–H and O–H groups in total. The quantitative estimate of drug-likeness (QED) is 0.881. The maximum Gasteiger partial charge on any atom is 0.151 e. The number of hydrogen-bond acceptors (Lipinski definition) is 5. The molecule has 5 nitrogen and oxygen atoms in total. The fourth-order valence-corrected chi connectivity index (χ4v) is 3.59. The predicted octanol–water partition coefficient (Wildman–Crippen LogP) is 3.34. The SMILES string of the molecule is Cc1ccc(N2CCCN(CC(O)c3ccc(Cl)cc3Cl)CC2)nn1. The lowest BCUT2D eigenvalue weighted by atomic mass is 10.1. The molecule has 2 heterocycles. The van der Waals surface area contributed by atoms with Crippen molar-refractivity contribution in [1.82, 2.24) is 15.1 Å². The summed E-state index contributed by atoms with van der Waals surface area (Å²) < 4.78 is 0. The summed E-state index contributed by atoms with van der Waals surface area (Å²) in [7, 11) is 0. The van der Waals surface area contributed by atoms with Crippen LogP contribution >= 0.6 is 23.2 Å². The van der Waals surface area contributed by atoms with Gasteiger partial charge in [0, 0.05) is 48.3 Å². The second-order valence-electron chi connectivity index (χ2n) is 6.36. The molecule has 7 heteroatoms. The standard InChI is InChI=1S/C18H22Cl2N4O/c1-13-3-6-18(22-21-13)24-8-2-7-23(9-10-24)12-17(25)15-5-4-14(19)11-16(15)20/h3-6,11,17,25H,2,7-10,12H2,1H3. The third-order valence-corrected chi connectivity index (χ3v) is 5.01. The molecule has 1 fully saturated rings. The topological polar surface area (TPSA) is 52.5 Å². The average molecular weight is 381 g/mol. The summed E-state index contributed by atoms with van der Waals surface area (Å²) in [4.78, 5) is 4.51. The van der Waals surface area contributed by atoms with Crippen molar-refractivity contribution in [3.05, 3.63) is 51.6 Å². The second-order valence-corrected chi connectivity index (χ2v) is 7.20. The van der Waals surface area contributed by atoms with Crippen LogP contribution in [0.2, 0.25) is 10.0 Å². The Bertz CT molecular complexity index is 711. The van der Waals surface area contributed by atoms with Crippen LogP contribution in [0.4, 0.5) is 5.82 Å². The van der Waals surface area contributed by atoms with Gasteiger partial charge in [-0.2, -0.15) is 5.10 Å². The fraction of sp³-hybridized carbons (Fsp3) is 0.444. The van der Waals surface area contributed by atoms with E-state index in [1.807, 2.05) is 19.1 Å². The van der Waals surface area contributed by atoms with Crippen molar-refractivity contribution < 1.29 is 5.11 Å². The van der Waals surface area contributed by atoms with Crippen molar-refractivity contribution in [3.8, 4) is 0 Å². The van der Waals surface area contributed by atoms with Gasteiger partial charge in [-0.25, -0.2) is 0 Å². The van der Waals surface area contributed by atoms with Crippen molar-refractivity contribution in [2.24, 2.45) is 0 Å². The van der Waals surface area contributed by atoms with Crippen LogP contribution in [0, 0.1) is 6.92 Å². The molecule has 1 saturated heterocycles. The van der Waals surface area contributed by atoms with E-state index in [2.05, 4.69) is 20.0 Å². The number of nitrogens with zero attached hydrogens (tertiary/aromatic N) is 4. The van der Waals surface area contributed by atoms with Gasteiger partial charge in [-0.3, -0.25) is 4.90 Å². The van der Waals surface area contributed by atoms with E-state index >= 15 is 0 Å². The monoisotopic (exact) mass is 380 g/mol. The third kappa shape index (κ3) is 4.82. The zero-order valence-electron chi connectivity index (χ0n) is 14.2. The van der Waals surface area contributed by atoms with E-state index in [1.165, 1.54) is 0 Å². The van der Waals surface area contributed by atoms with Crippen molar-refractivity contribution in [2.45, 2.75) is 19.4 Å². The number of aliphatic hydroxyl groups excluding tert-OH is 1. The molecular formula is C18H22Cl2N4O. The van der Waals surface area contributed by atoms with Gasteiger partial charge in [0.25, 0.3) is 0 Å². The lowest BCUT2D eigenvalue weighted by molar-refractivity contribution is 0.117. The Morgan fingerprint density at radius 1 is 1.08 bits per heavy atom. The molecule has 1 aliphatic heterocycles. The van der Waals surface area contributed by atoms with Crippen LogP contribution in [0.3, 0.4) is 0 Å². The largest absolute Gasteiger partial charge is 0.387 e. The van der Waals surface area contributed by atoms with Gasteiger partial charge in [-0.15, -0.1) is 5.10 Å². The first kappa shape index (κ1) is 18.4. The first-order chi connectivity index (χ1) is 12.0. The number of benzene rings is 1. The van der Waals surface area contributed by atoms with Crippen molar-refractivity contribution in [2.75, 3.05) is 37.6 Å². The highest BCUT2D eigenvalue weighted by Gasteiger charge is 2.20. The molecule has 0 aliphatic carbocycles. The molecule has 0 amide bonds. The molecule has 1 aromatic heterocycles. The van der Waals surface area contributed by atoms with E-state index in [0.717, 1.165) is 49.7 Å². The number of anilines is 1. The summed E-state index contributed by atoms with van der Waals surface area (Å²) in [6, 6.07) is 9.22. The zero-order valence-corrected chi connectivity index (χ0v) is 15.7. The highest BCUT2D eigenvalue weighted by atomic mass is 35.5. The molecular weight excluding hydrogens is 359 g/mol. The van der Waals surface area contributed by atoms with Crippen molar-refractivity contribution in [3.63, 3.8) is 0 Å². The van der Waals surface area contributed by atoms with Crippen LogP contribution in [0.1, 0.15) is 23.8 Å². The predicted molar refractivity (Wildman–Crippen MR) is 101 cm³/mol. The molecule has 1 aliphatic rings. The van der Waals surface area contributed by atoms with Gasteiger partial charge < -0.3 is 10.0 Å². The maximum atomic E-state index is 10.5. The number of aryl methyl sites for hydroxylation is 1. The van der Waals surface area contributed by atoms with E-state index < -0.39 is 6.10 Å². The summed E-state index contributed by atoms with van der Waals surface area (Å²) in [6.45, 7) is 6.07. The molecule has 0 spiro atoms. The minimum atomic E-state index is -0.629. The summed E-state index contributed by atoms with van der Waals surface area (Å²) in [5, 5.41) is 20.0. The van der Waals surface area contributed by atoms with E-state index in [0.29, 0.717) is 16.6 Å². The lowest BCUT2D eigenvalue weighted by Crippen LogP contribution is -2.33. The smallest absolute Gasteiger partial charge is 0.151 e. The van der Waals surface area contributed by atoms with E-state index in [-0.39, 0.29) is 0 Å². The van der Waals surface area contributed by atoms with Crippen LogP contribution in [-0.4, -0.2) is 52.9 Å². The van der Waals surface area contributed by atoms with Crippen LogP contribution in [0.15, 0.2) is 30.3 Å². The minimum Gasteiger partial charge on any atom is -0.387 e. The highest BCUT2D eigenvalue weighted by molar-refractivity contribution is 6.35. The Kier molecular flexibility index (Phi) is 6.12. The summed E-state index contributed by atoms with van der Waals surface area (Å²) in [5.74, 6) is 0.911. The lowest BCUT2D eigenvalue weighted by Gasteiger charge is -2.24. The van der Waals surface area contributed by atoms with Crippen LogP contribution < -0.4 is 4.90 Å². The molecule has 0 radical (unpaired) electrons. The highest BCUT2D eigenvalue weighted by Crippen LogP contribution is 2.27. The van der Waals surface area contributed by atoms with E-state index in [9.17, 15) is 5.11 Å². The molecule has 2 aromatic rings. The third-order valence-electron chi connectivity index (χ3n) is 4.45. The number of hydrogen-bond donors (Lipinski definition) is 1. The summed E-state index contributed by atoms with van der Waals surface area (Å²) in [6.07, 6.45) is 0.381. The van der Waals surface area contributed by atoms with Gasteiger partial charge in [-0.1, -0.05) is 29.3 Å². The first-order valence-electron chi connectivity index (χ1n) is 8.43. The molecule has 25 heavy (non-hydrogen) atoms. The molecule has 1 aromatic carbocycles. The summed E-state index contributed by atoms with van der Waals surface area (Å²) in [5.41, 5.74) is 1.64. The van der Waals surface area contributed by atoms with Gasteiger partial charge in [0.1, 0.15) is 0 Å². The molecule has 1 unspecified atom stereocenters. The number of aliphatic hydroxyl groups is 1. The zero-order chi connectivity index (χ0) is 17.8. The summed E-state index contributed by atoms with van der Waals surface area (Å²) >= 11 is 12.1. The molecule has 134 valence electrons. The number of halogens is 2. The Morgan fingerprint density at radius 3 is 2.64 bits per heavy atom.